The van der Waals surface area contributed by atoms with Crippen molar-refractivity contribution in [1.29, 1.82) is 0 Å². The molecule has 2 rings (SSSR count). The van der Waals surface area contributed by atoms with Crippen molar-refractivity contribution in [2.24, 2.45) is 0 Å². The van der Waals surface area contributed by atoms with E-state index in [1.807, 2.05) is 0 Å². The van der Waals surface area contributed by atoms with Gasteiger partial charge in [0.2, 0.25) is 5.91 Å². The van der Waals surface area contributed by atoms with Crippen molar-refractivity contribution in [1.82, 2.24) is 14.9 Å². The molecule has 1 amide bonds. The van der Waals surface area contributed by atoms with E-state index >= 15 is 0 Å². The van der Waals surface area contributed by atoms with Crippen molar-refractivity contribution in [3.63, 3.8) is 0 Å². The molecule has 0 aromatic carbocycles. The Balaban J connectivity index is 2.23. The number of amides is 1. The number of halogens is 2. The van der Waals surface area contributed by atoms with Crippen LogP contribution in [0.1, 0.15) is 25.8 Å². The maximum Gasteiger partial charge on any atom is 0.269 e. The molecule has 0 radical (unpaired) electrons. The fourth-order valence-electron chi connectivity index (χ4n) is 1.38. The zero-order valence-electron chi connectivity index (χ0n) is 9.11. The minimum Gasteiger partial charge on any atom is -0.352 e. The summed E-state index contributed by atoms with van der Waals surface area (Å²) in [4.78, 5) is 27.5. The van der Waals surface area contributed by atoms with Gasteiger partial charge >= 0.3 is 0 Å². The lowest BCUT2D eigenvalue weighted by Gasteiger charge is -2.14. The molecule has 1 saturated carbocycles. The lowest BCUT2D eigenvalue weighted by molar-refractivity contribution is -0.124. The smallest absolute Gasteiger partial charge is 0.269 e. The molecule has 1 N–H and O–H groups in total. The number of carbonyl (C=O) groups excluding carboxylic acids is 1. The first kappa shape index (κ1) is 12.6. The van der Waals surface area contributed by atoms with Crippen LogP contribution in [0.3, 0.4) is 0 Å². The SMILES string of the molecule is CC(C(=O)NC1CC1)n1cnc(Cl)c(Br)c1=O. The molecular weight excluding hydrogens is 309 g/mol. The predicted octanol–water partition coefficient (Wildman–Crippen LogP) is 1.50. The average molecular weight is 321 g/mol. The minimum absolute atomic E-state index is 0.0982. The molecule has 1 aliphatic carbocycles. The highest BCUT2D eigenvalue weighted by molar-refractivity contribution is 9.10. The van der Waals surface area contributed by atoms with Crippen LogP contribution in [0.2, 0.25) is 5.15 Å². The van der Waals surface area contributed by atoms with E-state index in [0.717, 1.165) is 12.8 Å². The highest BCUT2D eigenvalue weighted by Crippen LogP contribution is 2.20. The van der Waals surface area contributed by atoms with Crippen LogP contribution in [0, 0.1) is 0 Å². The Morgan fingerprint density at radius 3 is 2.94 bits per heavy atom. The van der Waals surface area contributed by atoms with Gasteiger partial charge in [0.1, 0.15) is 10.5 Å². The van der Waals surface area contributed by atoms with E-state index in [4.69, 9.17) is 11.6 Å². The van der Waals surface area contributed by atoms with E-state index in [1.165, 1.54) is 10.9 Å². The van der Waals surface area contributed by atoms with E-state index in [2.05, 4.69) is 26.2 Å². The summed E-state index contributed by atoms with van der Waals surface area (Å²) < 4.78 is 1.43. The molecule has 1 fully saturated rings. The van der Waals surface area contributed by atoms with Crippen LogP contribution in [0.4, 0.5) is 0 Å². The van der Waals surface area contributed by atoms with Crippen LogP contribution in [0.15, 0.2) is 15.6 Å². The molecule has 0 saturated heterocycles. The highest BCUT2D eigenvalue weighted by atomic mass is 79.9. The fraction of sp³-hybridized carbons (Fsp3) is 0.500. The summed E-state index contributed by atoms with van der Waals surface area (Å²) in [5, 5.41) is 2.94. The molecule has 1 atom stereocenters. The van der Waals surface area contributed by atoms with E-state index < -0.39 is 6.04 Å². The van der Waals surface area contributed by atoms with Crippen LogP contribution in [-0.2, 0) is 4.79 Å². The zero-order chi connectivity index (χ0) is 12.6. The summed E-state index contributed by atoms with van der Waals surface area (Å²) in [6, 6.07) is -0.325. The van der Waals surface area contributed by atoms with Crippen molar-refractivity contribution in [3.8, 4) is 0 Å². The molecule has 7 heteroatoms. The number of nitrogens with zero attached hydrogens (tertiary/aromatic N) is 2. The monoisotopic (exact) mass is 319 g/mol. The summed E-state index contributed by atoms with van der Waals surface area (Å²) in [6.45, 7) is 1.65. The lowest BCUT2D eigenvalue weighted by atomic mass is 10.3. The van der Waals surface area contributed by atoms with Gasteiger partial charge in [0.05, 0.1) is 6.33 Å². The van der Waals surface area contributed by atoms with Crippen LogP contribution in [0.5, 0.6) is 0 Å². The molecule has 5 nitrogen and oxygen atoms in total. The fourth-order valence-corrected chi connectivity index (χ4v) is 1.81. The van der Waals surface area contributed by atoms with Gasteiger partial charge in [-0.3, -0.25) is 14.2 Å². The Morgan fingerprint density at radius 2 is 2.35 bits per heavy atom. The Labute approximate surface area is 111 Å². The van der Waals surface area contributed by atoms with Crippen LogP contribution < -0.4 is 10.9 Å². The molecule has 92 valence electrons. The van der Waals surface area contributed by atoms with Gasteiger partial charge in [0, 0.05) is 6.04 Å². The van der Waals surface area contributed by atoms with Crippen molar-refractivity contribution < 1.29 is 4.79 Å². The molecule has 0 bridgehead atoms. The standard InChI is InChI=1S/C10H11BrClN3O2/c1-5(9(16)14-6-2-3-6)15-4-13-8(12)7(11)10(15)17/h4-6H,2-3H2,1H3,(H,14,16). The third kappa shape index (κ3) is 2.69. The number of hydrogen-bond acceptors (Lipinski definition) is 3. The molecule has 0 spiro atoms. The Morgan fingerprint density at radius 1 is 1.71 bits per heavy atom. The van der Waals surface area contributed by atoms with Gasteiger partial charge in [-0.2, -0.15) is 0 Å². The predicted molar refractivity (Wildman–Crippen MR) is 67.1 cm³/mol. The van der Waals surface area contributed by atoms with Gasteiger partial charge in [-0.15, -0.1) is 0 Å². The summed E-state index contributed by atoms with van der Waals surface area (Å²) in [7, 11) is 0. The van der Waals surface area contributed by atoms with E-state index in [0.29, 0.717) is 0 Å². The van der Waals surface area contributed by atoms with Crippen molar-refractivity contribution >= 4 is 33.4 Å². The van der Waals surface area contributed by atoms with Gasteiger partial charge in [0.25, 0.3) is 5.56 Å². The zero-order valence-corrected chi connectivity index (χ0v) is 11.5. The lowest BCUT2D eigenvalue weighted by Crippen LogP contribution is -2.37. The molecule has 1 unspecified atom stereocenters. The second kappa shape index (κ2) is 4.78. The first-order chi connectivity index (χ1) is 8.00. The third-order valence-electron chi connectivity index (χ3n) is 2.62. The number of rotatable bonds is 3. The van der Waals surface area contributed by atoms with Gasteiger partial charge in [-0.05, 0) is 35.7 Å². The Kier molecular flexibility index (Phi) is 3.53. The molecule has 17 heavy (non-hydrogen) atoms. The van der Waals surface area contributed by atoms with Crippen molar-refractivity contribution in [2.45, 2.75) is 31.8 Å². The summed E-state index contributed by atoms with van der Waals surface area (Å²) in [5.74, 6) is -0.175. The van der Waals surface area contributed by atoms with Crippen LogP contribution in [-0.4, -0.2) is 21.5 Å². The van der Waals surface area contributed by atoms with Gasteiger partial charge in [-0.25, -0.2) is 4.98 Å². The molecule has 1 aromatic heterocycles. The van der Waals surface area contributed by atoms with Crippen molar-refractivity contribution in [2.75, 3.05) is 0 Å². The van der Waals surface area contributed by atoms with Gasteiger partial charge in [0.15, 0.2) is 5.15 Å². The maximum atomic E-state index is 11.8. The van der Waals surface area contributed by atoms with Gasteiger partial charge in [-0.1, -0.05) is 11.6 Å². The molecule has 1 aromatic rings. The number of nitrogens with one attached hydrogen (secondary N) is 1. The second-order valence-electron chi connectivity index (χ2n) is 4.02. The second-order valence-corrected chi connectivity index (χ2v) is 5.17. The normalized spacial score (nSPS) is 16.6. The third-order valence-corrected chi connectivity index (χ3v) is 3.85. The van der Waals surface area contributed by atoms with E-state index in [1.54, 1.807) is 6.92 Å². The van der Waals surface area contributed by atoms with Crippen molar-refractivity contribution in [3.05, 3.63) is 26.3 Å². The number of carbonyl (C=O) groups is 1. The minimum atomic E-state index is -0.593. The van der Waals surface area contributed by atoms with Crippen LogP contribution in [0.25, 0.3) is 0 Å². The quantitative estimate of drug-likeness (QED) is 0.858. The van der Waals surface area contributed by atoms with E-state index in [-0.39, 0.29) is 27.1 Å². The van der Waals surface area contributed by atoms with Crippen LogP contribution >= 0.6 is 27.5 Å². The topological polar surface area (TPSA) is 64.0 Å². The molecule has 1 aliphatic rings. The Bertz CT molecular complexity index is 513. The average Bonchev–Trinajstić information content (AvgIpc) is 3.09. The number of hydrogen-bond donors (Lipinski definition) is 1. The summed E-state index contributed by atoms with van der Waals surface area (Å²) in [5.41, 5.74) is -0.358. The highest BCUT2D eigenvalue weighted by Gasteiger charge is 2.27. The Hall–Kier alpha value is -0.880. The largest absolute Gasteiger partial charge is 0.352 e. The summed E-state index contributed by atoms with van der Waals surface area (Å²) >= 11 is 8.74. The molecular formula is C10H11BrClN3O2. The van der Waals surface area contributed by atoms with Gasteiger partial charge < -0.3 is 5.32 Å². The summed E-state index contributed by atoms with van der Waals surface area (Å²) in [6.07, 6.45) is 3.30. The first-order valence-corrected chi connectivity index (χ1v) is 6.40. The number of aromatic nitrogens is 2. The van der Waals surface area contributed by atoms with E-state index in [9.17, 15) is 9.59 Å². The molecule has 1 heterocycles. The first-order valence-electron chi connectivity index (χ1n) is 5.23. The maximum absolute atomic E-state index is 11.8. The molecule has 0 aliphatic heterocycles.